The van der Waals surface area contributed by atoms with Crippen molar-refractivity contribution < 1.29 is 19.0 Å². The molecule has 5 nitrogen and oxygen atoms in total. The second-order valence-corrected chi connectivity index (χ2v) is 5.88. The fourth-order valence-corrected chi connectivity index (χ4v) is 2.67. The molecule has 0 unspecified atom stereocenters. The number of amides is 1. The second kappa shape index (κ2) is 7.57. The molecule has 0 radical (unpaired) electrons. The van der Waals surface area contributed by atoms with Crippen LogP contribution in [0.15, 0.2) is 34.8 Å². The molecule has 23 heavy (non-hydrogen) atoms. The van der Waals surface area contributed by atoms with E-state index in [1.807, 2.05) is 0 Å². The lowest BCUT2D eigenvalue weighted by molar-refractivity contribution is 0.0996. The summed E-state index contributed by atoms with van der Waals surface area (Å²) in [7, 11) is 3.14. The molecular weight excluding hydrogens is 386 g/mol. The standard InChI is InChI=1S/C16H15BrClNO4/c1-21-14-7-12(17)15(22-2)5-9(14)8-23-13-4-3-10(18)6-11(13)16(19)20/h3-7H,8H2,1-2H3,(H2,19,20). The predicted octanol–water partition coefficient (Wildman–Crippen LogP) is 3.80. The number of methoxy groups -OCH3 is 2. The Labute approximate surface area is 147 Å². The number of halogens is 2. The summed E-state index contributed by atoms with van der Waals surface area (Å²) < 4.78 is 17.1. The van der Waals surface area contributed by atoms with E-state index in [0.717, 1.165) is 10.0 Å². The van der Waals surface area contributed by atoms with Gasteiger partial charge in [-0.15, -0.1) is 0 Å². The van der Waals surface area contributed by atoms with Gasteiger partial charge in [-0.3, -0.25) is 4.79 Å². The highest BCUT2D eigenvalue weighted by atomic mass is 79.9. The molecule has 122 valence electrons. The number of primary amides is 1. The Morgan fingerprint density at radius 3 is 2.43 bits per heavy atom. The van der Waals surface area contributed by atoms with Crippen LogP contribution in [0.3, 0.4) is 0 Å². The summed E-state index contributed by atoms with van der Waals surface area (Å²) in [4.78, 5) is 11.5. The van der Waals surface area contributed by atoms with E-state index >= 15 is 0 Å². The zero-order chi connectivity index (χ0) is 17.0. The predicted molar refractivity (Wildman–Crippen MR) is 91.5 cm³/mol. The number of rotatable bonds is 6. The van der Waals surface area contributed by atoms with E-state index < -0.39 is 5.91 Å². The molecule has 0 fully saturated rings. The molecule has 0 aliphatic rings. The van der Waals surface area contributed by atoms with Crippen molar-refractivity contribution in [1.29, 1.82) is 0 Å². The Morgan fingerprint density at radius 1 is 1.13 bits per heavy atom. The van der Waals surface area contributed by atoms with Gasteiger partial charge in [-0.2, -0.15) is 0 Å². The summed E-state index contributed by atoms with van der Waals surface area (Å²) in [6.07, 6.45) is 0. The molecule has 0 aromatic heterocycles. The minimum Gasteiger partial charge on any atom is -0.496 e. The third kappa shape index (κ3) is 4.09. The average Bonchev–Trinajstić information content (AvgIpc) is 2.53. The zero-order valence-corrected chi connectivity index (χ0v) is 14.9. The number of hydrogen-bond donors (Lipinski definition) is 1. The normalized spacial score (nSPS) is 10.3. The van der Waals surface area contributed by atoms with Crippen molar-refractivity contribution in [3.8, 4) is 17.2 Å². The molecule has 0 bridgehead atoms. The molecule has 7 heteroatoms. The Kier molecular flexibility index (Phi) is 5.74. The van der Waals surface area contributed by atoms with Crippen LogP contribution in [-0.4, -0.2) is 20.1 Å². The third-order valence-electron chi connectivity index (χ3n) is 3.15. The average molecular weight is 401 g/mol. The molecule has 2 N–H and O–H groups in total. The van der Waals surface area contributed by atoms with Gasteiger partial charge < -0.3 is 19.9 Å². The summed E-state index contributed by atoms with van der Waals surface area (Å²) >= 11 is 9.27. The van der Waals surface area contributed by atoms with Gasteiger partial charge in [-0.25, -0.2) is 0 Å². The van der Waals surface area contributed by atoms with Crippen molar-refractivity contribution in [2.45, 2.75) is 6.61 Å². The van der Waals surface area contributed by atoms with E-state index in [2.05, 4.69) is 15.9 Å². The van der Waals surface area contributed by atoms with Gasteiger partial charge >= 0.3 is 0 Å². The first-order valence-corrected chi connectivity index (χ1v) is 7.76. The number of hydrogen-bond acceptors (Lipinski definition) is 4. The SMILES string of the molecule is COc1cc(COc2ccc(Cl)cc2C(N)=O)c(OC)cc1Br. The van der Waals surface area contributed by atoms with Gasteiger partial charge in [-0.1, -0.05) is 11.6 Å². The van der Waals surface area contributed by atoms with Crippen LogP contribution in [0.1, 0.15) is 15.9 Å². The summed E-state index contributed by atoms with van der Waals surface area (Å²) in [6.45, 7) is 0.175. The highest BCUT2D eigenvalue weighted by Crippen LogP contribution is 2.33. The maximum absolute atomic E-state index is 11.5. The van der Waals surface area contributed by atoms with E-state index in [1.165, 1.54) is 6.07 Å². The molecule has 0 aliphatic carbocycles. The van der Waals surface area contributed by atoms with Gasteiger partial charge in [0.15, 0.2) is 0 Å². The van der Waals surface area contributed by atoms with Crippen molar-refractivity contribution in [1.82, 2.24) is 0 Å². The van der Waals surface area contributed by atoms with E-state index in [1.54, 1.807) is 38.5 Å². The molecule has 1 amide bonds. The van der Waals surface area contributed by atoms with Crippen LogP contribution in [0.5, 0.6) is 17.2 Å². The maximum atomic E-state index is 11.5. The van der Waals surface area contributed by atoms with Crippen LogP contribution in [0.4, 0.5) is 0 Å². The molecule has 0 saturated carbocycles. The topological polar surface area (TPSA) is 70.8 Å². The lowest BCUT2D eigenvalue weighted by Crippen LogP contribution is -2.13. The van der Waals surface area contributed by atoms with E-state index in [-0.39, 0.29) is 12.2 Å². The van der Waals surface area contributed by atoms with Crippen molar-refractivity contribution >= 4 is 33.4 Å². The van der Waals surface area contributed by atoms with Gasteiger partial charge in [0.1, 0.15) is 23.9 Å². The Balaban J connectivity index is 2.29. The molecule has 0 spiro atoms. The second-order valence-electron chi connectivity index (χ2n) is 4.59. The smallest absolute Gasteiger partial charge is 0.252 e. The summed E-state index contributed by atoms with van der Waals surface area (Å²) in [5.74, 6) is 1.02. The minimum atomic E-state index is -0.608. The first-order chi connectivity index (χ1) is 11.0. The quantitative estimate of drug-likeness (QED) is 0.801. The number of nitrogens with two attached hydrogens (primary N) is 1. The number of carbonyl (C=O) groups is 1. The van der Waals surface area contributed by atoms with Crippen LogP contribution >= 0.6 is 27.5 Å². The molecule has 2 aromatic carbocycles. The molecule has 2 aromatic rings. The molecule has 2 rings (SSSR count). The minimum absolute atomic E-state index is 0.175. The Hall–Kier alpha value is -1.92. The van der Waals surface area contributed by atoms with Crippen LogP contribution < -0.4 is 19.9 Å². The van der Waals surface area contributed by atoms with Crippen molar-refractivity contribution in [2.75, 3.05) is 14.2 Å². The van der Waals surface area contributed by atoms with Crippen LogP contribution in [0, 0.1) is 0 Å². The summed E-state index contributed by atoms with van der Waals surface area (Å²) in [6, 6.07) is 8.28. The number of ether oxygens (including phenoxy) is 3. The van der Waals surface area contributed by atoms with Gasteiger partial charge in [0.2, 0.25) is 0 Å². The van der Waals surface area contributed by atoms with Gasteiger partial charge in [-0.05, 0) is 46.3 Å². The highest BCUT2D eigenvalue weighted by molar-refractivity contribution is 9.10. The van der Waals surface area contributed by atoms with Gasteiger partial charge in [0.05, 0.1) is 24.3 Å². The molecule has 0 atom stereocenters. The van der Waals surface area contributed by atoms with E-state index in [0.29, 0.717) is 22.3 Å². The summed E-state index contributed by atoms with van der Waals surface area (Å²) in [5.41, 5.74) is 6.33. The third-order valence-corrected chi connectivity index (χ3v) is 4.00. The highest BCUT2D eigenvalue weighted by Gasteiger charge is 2.14. The monoisotopic (exact) mass is 399 g/mol. The first-order valence-electron chi connectivity index (χ1n) is 6.58. The Bertz CT molecular complexity index is 736. The number of carbonyl (C=O) groups excluding carboxylic acids is 1. The lowest BCUT2D eigenvalue weighted by atomic mass is 10.1. The summed E-state index contributed by atoms with van der Waals surface area (Å²) in [5, 5.41) is 0.411. The van der Waals surface area contributed by atoms with Crippen molar-refractivity contribution in [3.05, 3.63) is 51.0 Å². The van der Waals surface area contributed by atoms with Crippen molar-refractivity contribution in [3.63, 3.8) is 0 Å². The molecule has 0 heterocycles. The van der Waals surface area contributed by atoms with Crippen LogP contribution in [0.2, 0.25) is 5.02 Å². The van der Waals surface area contributed by atoms with Crippen LogP contribution in [0.25, 0.3) is 0 Å². The zero-order valence-electron chi connectivity index (χ0n) is 12.6. The lowest BCUT2D eigenvalue weighted by Gasteiger charge is -2.14. The van der Waals surface area contributed by atoms with Crippen molar-refractivity contribution in [2.24, 2.45) is 5.73 Å². The maximum Gasteiger partial charge on any atom is 0.252 e. The molecule has 0 saturated heterocycles. The van der Waals surface area contributed by atoms with Gasteiger partial charge in [0.25, 0.3) is 5.91 Å². The fraction of sp³-hybridized carbons (Fsp3) is 0.188. The van der Waals surface area contributed by atoms with Crippen LogP contribution in [-0.2, 0) is 6.61 Å². The Morgan fingerprint density at radius 2 is 1.83 bits per heavy atom. The molecule has 0 aliphatic heterocycles. The van der Waals surface area contributed by atoms with Gasteiger partial charge in [0, 0.05) is 10.6 Å². The largest absolute Gasteiger partial charge is 0.496 e. The fourth-order valence-electron chi connectivity index (χ4n) is 2.01. The van der Waals surface area contributed by atoms with E-state index in [9.17, 15) is 4.79 Å². The number of benzene rings is 2. The molecular formula is C16H15BrClNO4. The first kappa shape index (κ1) is 17.4. The van der Waals surface area contributed by atoms with E-state index in [4.69, 9.17) is 31.5 Å².